The van der Waals surface area contributed by atoms with Crippen LogP contribution in [0.25, 0.3) is 0 Å². The Hall–Kier alpha value is -1.75. The van der Waals surface area contributed by atoms with Crippen LogP contribution in [0.5, 0.6) is 0 Å². The van der Waals surface area contributed by atoms with Gasteiger partial charge in [-0.2, -0.15) is 0 Å². The van der Waals surface area contributed by atoms with Gasteiger partial charge in [0.25, 0.3) is 0 Å². The second kappa shape index (κ2) is 5.93. The predicted octanol–water partition coefficient (Wildman–Crippen LogP) is 1.98. The van der Waals surface area contributed by atoms with Gasteiger partial charge in [0, 0.05) is 19.1 Å². The van der Waals surface area contributed by atoms with E-state index in [2.05, 4.69) is 23.9 Å². The van der Waals surface area contributed by atoms with Crippen LogP contribution in [-0.2, 0) is 4.74 Å². The lowest BCUT2D eigenvalue weighted by Crippen LogP contribution is -2.57. The first-order chi connectivity index (χ1) is 9.91. The maximum Gasteiger partial charge on any atom is 0.340 e. The average molecular weight is 291 g/mol. The van der Waals surface area contributed by atoms with Crippen LogP contribution in [0.4, 0.5) is 11.4 Å². The molecule has 0 amide bonds. The number of rotatable bonds is 5. The van der Waals surface area contributed by atoms with Gasteiger partial charge in [0.1, 0.15) is 0 Å². The molecule has 0 aliphatic heterocycles. The van der Waals surface area contributed by atoms with Crippen molar-refractivity contribution < 1.29 is 9.53 Å². The molecule has 1 saturated carbocycles. The zero-order chi connectivity index (χ0) is 15.6. The SMILES string of the molecule is COC(=O)c1cccc(N)c1N(C)CC1(N(C)C)CCC1. The van der Waals surface area contributed by atoms with Gasteiger partial charge in [-0.15, -0.1) is 0 Å². The number of anilines is 2. The number of hydrogen-bond donors (Lipinski definition) is 1. The van der Waals surface area contributed by atoms with E-state index in [0.717, 1.165) is 12.2 Å². The van der Waals surface area contributed by atoms with Crippen LogP contribution in [0.1, 0.15) is 29.6 Å². The van der Waals surface area contributed by atoms with Crippen molar-refractivity contribution in [1.29, 1.82) is 0 Å². The van der Waals surface area contributed by atoms with E-state index in [0.29, 0.717) is 11.3 Å². The van der Waals surface area contributed by atoms with E-state index in [1.54, 1.807) is 12.1 Å². The molecule has 0 heterocycles. The monoisotopic (exact) mass is 291 g/mol. The molecule has 5 heteroatoms. The molecule has 21 heavy (non-hydrogen) atoms. The number of ether oxygens (including phenoxy) is 1. The van der Waals surface area contributed by atoms with Gasteiger partial charge >= 0.3 is 5.97 Å². The topological polar surface area (TPSA) is 58.8 Å². The first-order valence-corrected chi connectivity index (χ1v) is 7.26. The highest BCUT2D eigenvalue weighted by molar-refractivity contribution is 5.99. The van der Waals surface area contributed by atoms with E-state index >= 15 is 0 Å². The van der Waals surface area contributed by atoms with E-state index in [1.165, 1.54) is 26.4 Å². The van der Waals surface area contributed by atoms with E-state index in [-0.39, 0.29) is 11.5 Å². The minimum Gasteiger partial charge on any atom is -0.465 e. The third-order valence-electron chi connectivity index (χ3n) is 4.62. The first-order valence-electron chi connectivity index (χ1n) is 7.26. The number of likely N-dealkylation sites (N-methyl/N-ethyl adjacent to an activating group) is 2. The zero-order valence-corrected chi connectivity index (χ0v) is 13.3. The summed E-state index contributed by atoms with van der Waals surface area (Å²) in [4.78, 5) is 16.3. The normalized spacial score (nSPS) is 16.4. The fraction of sp³-hybridized carbons (Fsp3) is 0.562. The zero-order valence-electron chi connectivity index (χ0n) is 13.3. The van der Waals surface area contributed by atoms with Crippen molar-refractivity contribution in [2.45, 2.75) is 24.8 Å². The van der Waals surface area contributed by atoms with Gasteiger partial charge in [-0.1, -0.05) is 6.07 Å². The fourth-order valence-corrected chi connectivity index (χ4v) is 3.11. The lowest BCUT2D eigenvalue weighted by Gasteiger charge is -2.49. The third kappa shape index (κ3) is 2.83. The lowest BCUT2D eigenvalue weighted by atomic mass is 9.75. The van der Waals surface area contributed by atoms with E-state index in [9.17, 15) is 4.79 Å². The van der Waals surface area contributed by atoms with Gasteiger partial charge in [0.05, 0.1) is 24.0 Å². The van der Waals surface area contributed by atoms with Crippen LogP contribution in [0.15, 0.2) is 18.2 Å². The molecule has 1 aromatic rings. The highest BCUT2D eigenvalue weighted by Gasteiger charge is 2.40. The fourth-order valence-electron chi connectivity index (χ4n) is 3.11. The van der Waals surface area contributed by atoms with Gasteiger partial charge in [0.15, 0.2) is 0 Å². The Morgan fingerprint density at radius 1 is 1.33 bits per heavy atom. The second-order valence-electron chi connectivity index (χ2n) is 6.06. The van der Waals surface area contributed by atoms with Crippen LogP contribution in [0.3, 0.4) is 0 Å². The molecule has 2 N–H and O–H groups in total. The van der Waals surface area contributed by atoms with Crippen molar-refractivity contribution in [3.05, 3.63) is 23.8 Å². The summed E-state index contributed by atoms with van der Waals surface area (Å²) in [6.45, 7) is 0.845. The molecule has 2 rings (SSSR count). The molecule has 0 saturated heterocycles. The Morgan fingerprint density at radius 2 is 2.00 bits per heavy atom. The summed E-state index contributed by atoms with van der Waals surface area (Å²) in [5.74, 6) is -0.350. The highest BCUT2D eigenvalue weighted by Crippen LogP contribution is 2.39. The standard InChI is InChI=1S/C16H25N3O2/c1-18(2)16(9-6-10-16)11-19(3)14-12(15(20)21-4)7-5-8-13(14)17/h5,7-8H,6,9-11,17H2,1-4H3. The van der Waals surface area contributed by atoms with Crippen LogP contribution < -0.4 is 10.6 Å². The van der Waals surface area contributed by atoms with Gasteiger partial charge in [-0.05, 0) is 45.5 Å². The molecule has 0 radical (unpaired) electrons. The van der Waals surface area contributed by atoms with Crippen molar-refractivity contribution in [2.24, 2.45) is 0 Å². The molecule has 0 aromatic heterocycles. The number of methoxy groups -OCH3 is 1. The number of carbonyl (C=O) groups is 1. The Labute approximate surface area is 126 Å². The summed E-state index contributed by atoms with van der Waals surface area (Å²) in [5, 5.41) is 0. The molecule has 1 aliphatic rings. The molecule has 1 aliphatic carbocycles. The molecule has 116 valence electrons. The number of hydrogen-bond acceptors (Lipinski definition) is 5. The number of esters is 1. The smallest absolute Gasteiger partial charge is 0.340 e. The maximum absolute atomic E-state index is 12.0. The Kier molecular flexibility index (Phi) is 4.42. The molecular formula is C16H25N3O2. The molecule has 0 atom stereocenters. The van der Waals surface area contributed by atoms with Crippen molar-refractivity contribution >= 4 is 17.3 Å². The van der Waals surface area contributed by atoms with Crippen molar-refractivity contribution in [2.75, 3.05) is 45.4 Å². The lowest BCUT2D eigenvalue weighted by molar-refractivity contribution is 0.0597. The first kappa shape index (κ1) is 15.6. The van der Waals surface area contributed by atoms with Crippen molar-refractivity contribution in [3.63, 3.8) is 0 Å². The summed E-state index contributed by atoms with van der Waals surface area (Å²) in [5.41, 5.74) is 8.17. The van der Waals surface area contributed by atoms with Crippen LogP contribution in [-0.4, -0.2) is 51.2 Å². The van der Waals surface area contributed by atoms with Crippen LogP contribution in [0.2, 0.25) is 0 Å². The largest absolute Gasteiger partial charge is 0.465 e. The minimum atomic E-state index is -0.350. The molecule has 1 aromatic carbocycles. The number of nitrogen functional groups attached to an aromatic ring is 1. The van der Waals surface area contributed by atoms with Crippen LogP contribution in [0, 0.1) is 0 Å². The summed E-state index contributed by atoms with van der Waals surface area (Å²) < 4.78 is 4.87. The highest BCUT2D eigenvalue weighted by atomic mass is 16.5. The van der Waals surface area contributed by atoms with Gasteiger partial charge in [-0.25, -0.2) is 4.79 Å². The molecule has 1 fully saturated rings. The third-order valence-corrected chi connectivity index (χ3v) is 4.62. The number of para-hydroxylation sites is 1. The van der Waals surface area contributed by atoms with Crippen LogP contribution >= 0.6 is 0 Å². The molecule has 0 unspecified atom stereocenters. The summed E-state index contributed by atoms with van der Waals surface area (Å²) >= 11 is 0. The quantitative estimate of drug-likeness (QED) is 0.664. The van der Waals surface area contributed by atoms with E-state index in [4.69, 9.17) is 10.5 Å². The van der Waals surface area contributed by atoms with Crippen molar-refractivity contribution in [1.82, 2.24) is 4.90 Å². The molecular weight excluding hydrogens is 266 g/mol. The van der Waals surface area contributed by atoms with E-state index < -0.39 is 0 Å². The summed E-state index contributed by atoms with van der Waals surface area (Å²) in [6, 6.07) is 5.36. The van der Waals surface area contributed by atoms with Gasteiger partial charge in [0.2, 0.25) is 0 Å². The number of carbonyl (C=O) groups excluding carboxylic acids is 1. The Morgan fingerprint density at radius 3 is 2.48 bits per heavy atom. The van der Waals surface area contributed by atoms with Gasteiger partial charge < -0.3 is 20.3 Å². The van der Waals surface area contributed by atoms with Crippen molar-refractivity contribution in [3.8, 4) is 0 Å². The minimum absolute atomic E-state index is 0.171. The number of benzene rings is 1. The maximum atomic E-state index is 12.0. The molecule has 0 bridgehead atoms. The molecule has 0 spiro atoms. The van der Waals surface area contributed by atoms with Gasteiger partial charge in [-0.3, -0.25) is 0 Å². The number of nitrogens with two attached hydrogens (primary N) is 1. The van der Waals surface area contributed by atoms with E-state index in [1.807, 2.05) is 13.1 Å². The number of nitrogens with zero attached hydrogens (tertiary/aromatic N) is 2. The molecule has 5 nitrogen and oxygen atoms in total. The summed E-state index contributed by atoms with van der Waals surface area (Å²) in [7, 11) is 7.61. The Bertz CT molecular complexity index is 524. The summed E-state index contributed by atoms with van der Waals surface area (Å²) in [6.07, 6.45) is 3.59. The Balaban J connectivity index is 2.30. The predicted molar refractivity (Wildman–Crippen MR) is 85.7 cm³/mol. The second-order valence-corrected chi connectivity index (χ2v) is 6.06. The average Bonchev–Trinajstić information content (AvgIpc) is 2.40.